The second-order valence-electron chi connectivity index (χ2n) is 5.22. The summed E-state index contributed by atoms with van der Waals surface area (Å²) in [5.74, 6) is -0.193. The fraction of sp³-hybridized carbons (Fsp3) is 0.188. The fourth-order valence-electron chi connectivity index (χ4n) is 2.46. The molecule has 0 saturated carbocycles. The van der Waals surface area contributed by atoms with Gasteiger partial charge in [-0.15, -0.1) is 11.3 Å². The van der Waals surface area contributed by atoms with Crippen LogP contribution in [-0.4, -0.2) is 10.5 Å². The first kappa shape index (κ1) is 15.4. The SMILES string of the molecule is CC(C)n1c(C(=O)Nc2cccc(Cl)c2Cl)cc2sccc21. The van der Waals surface area contributed by atoms with E-state index < -0.39 is 0 Å². The van der Waals surface area contributed by atoms with Crippen molar-refractivity contribution in [3.8, 4) is 0 Å². The first-order valence-electron chi connectivity index (χ1n) is 6.83. The van der Waals surface area contributed by atoms with Crippen LogP contribution >= 0.6 is 34.5 Å². The van der Waals surface area contributed by atoms with Gasteiger partial charge >= 0.3 is 0 Å². The van der Waals surface area contributed by atoms with Gasteiger partial charge in [0.25, 0.3) is 5.91 Å². The number of fused-ring (bicyclic) bond motifs is 1. The Kier molecular flexibility index (Phi) is 4.17. The molecule has 0 saturated heterocycles. The maximum atomic E-state index is 12.6. The van der Waals surface area contributed by atoms with Gasteiger partial charge in [0.05, 0.1) is 25.9 Å². The van der Waals surface area contributed by atoms with E-state index in [4.69, 9.17) is 23.2 Å². The Hall–Kier alpha value is -1.49. The third kappa shape index (κ3) is 2.62. The molecule has 2 aromatic heterocycles. The number of halogens is 2. The van der Waals surface area contributed by atoms with E-state index in [0.717, 1.165) is 10.2 Å². The Morgan fingerprint density at radius 1 is 1.27 bits per heavy atom. The number of benzene rings is 1. The average molecular weight is 353 g/mol. The molecule has 3 rings (SSSR count). The normalized spacial score (nSPS) is 11.3. The van der Waals surface area contributed by atoms with Crippen LogP contribution in [0, 0.1) is 0 Å². The van der Waals surface area contributed by atoms with Gasteiger partial charge in [-0.3, -0.25) is 4.79 Å². The molecular weight excluding hydrogens is 339 g/mol. The van der Waals surface area contributed by atoms with E-state index >= 15 is 0 Å². The molecule has 3 aromatic rings. The molecule has 1 amide bonds. The first-order chi connectivity index (χ1) is 10.5. The highest BCUT2D eigenvalue weighted by Crippen LogP contribution is 2.32. The molecule has 1 aromatic carbocycles. The predicted molar refractivity (Wildman–Crippen MR) is 94.6 cm³/mol. The van der Waals surface area contributed by atoms with E-state index in [1.807, 2.05) is 22.1 Å². The van der Waals surface area contributed by atoms with Gasteiger partial charge in [-0.05, 0) is 43.5 Å². The van der Waals surface area contributed by atoms with Gasteiger partial charge < -0.3 is 9.88 Å². The minimum absolute atomic E-state index is 0.183. The number of hydrogen-bond acceptors (Lipinski definition) is 2. The number of aromatic nitrogens is 1. The maximum Gasteiger partial charge on any atom is 0.272 e. The standard InChI is InChI=1S/C16H14Cl2N2OS/c1-9(2)20-12-6-7-22-14(12)8-13(20)16(21)19-11-5-3-4-10(17)15(11)18/h3-9H,1-2H3,(H,19,21). The molecule has 22 heavy (non-hydrogen) atoms. The second-order valence-corrected chi connectivity index (χ2v) is 6.95. The summed E-state index contributed by atoms with van der Waals surface area (Å²) in [6.45, 7) is 4.11. The van der Waals surface area contributed by atoms with E-state index in [1.54, 1.807) is 29.5 Å². The van der Waals surface area contributed by atoms with Crippen LogP contribution in [0.25, 0.3) is 10.2 Å². The van der Waals surface area contributed by atoms with Crippen molar-refractivity contribution in [1.29, 1.82) is 0 Å². The van der Waals surface area contributed by atoms with Crippen LogP contribution in [0.3, 0.4) is 0 Å². The third-order valence-corrected chi connectivity index (χ3v) is 5.08. The number of rotatable bonds is 3. The van der Waals surface area contributed by atoms with Crippen molar-refractivity contribution in [1.82, 2.24) is 4.57 Å². The third-order valence-electron chi connectivity index (χ3n) is 3.41. The molecule has 0 radical (unpaired) electrons. The zero-order valence-corrected chi connectivity index (χ0v) is 14.4. The molecule has 2 heterocycles. The Morgan fingerprint density at radius 2 is 2.05 bits per heavy atom. The van der Waals surface area contributed by atoms with Crippen molar-refractivity contribution in [3.05, 3.63) is 51.5 Å². The van der Waals surface area contributed by atoms with E-state index in [2.05, 4.69) is 19.2 Å². The summed E-state index contributed by atoms with van der Waals surface area (Å²) in [6.07, 6.45) is 0. The Labute approximate surface area is 142 Å². The number of nitrogens with one attached hydrogen (secondary N) is 1. The summed E-state index contributed by atoms with van der Waals surface area (Å²) in [4.78, 5) is 12.6. The Bertz CT molecular complexity index is 851. The minimum atomic E-state index is -0.193. The van der Waals surface area contributed by atoms with Gasteiger partial charge in [-0.25, -0.2) is 0 Å². The lowest BCUT2D eigenvalue weighted by atomic mass is 10.3. The lowest BCUT2D eigenvalue weighted by Gasteiger charge is -2.14. The van der Waals surface area contributed by atoms with E-state index in [1.165, 1.54) is 0 Å². The van der Waals surface area contributed by atoms with Gasteiger partial charge in [-0.1, -0.05) is 29.3 Å². The lowest BCUT2D eigenvalue weighted by Crippen LogP contribution is -2.18. The highest BCUT2D eigenvalue weighted by Gasteiger charge is 2.19. The summed E-state index contributed by atoms with van der Waals surface area (Å²) < 4.78 is 3.12. The van der Waals surface area contributed by atoms with Crippen molar-refractivity contribution in [2.75, 3.05) is 5.32 Å². The molecule has 0 bridgehead atoms. The number of carbonyl (C=O) groups is 1. The van der Waals surface area contributed by atoms with Crippen LogP contribution in [0.5, 0.6) is 0 Å². The van der Waals surface area contributed by atoms with Gasteiger partial charge in [0.1, 0.15) is 5.69 Å². The molecule has 0 atom stereocenters. The number of thiophene rings is 1. The Balaban J connectivity index is 2.00. The summed E-state index contributed by atoms with van der Waals surface area (Å²) in [5, 5.41) is 5.63. The molecule has 1 N–H and O–H groups in total. The molecule has 0 unspecified atom stereocenters. The van der Waals surface area contributed by atoms with Crippen molar-refractivity contribution in [2.24, 2.45) is 0 Å². The van der Waals surface area contributed by atoms with Crippen LogP contribution in [0.4, 0.5) is 5.69 Å². The maximum absolute atomic E-state index is 12.6. The van der Waals surface area contributed by atoms with Gasteiger partial charge in [0.2, 0.25) is 0 Å². The molecular formula is C16H14Cl2N2OS. The number of hydrogen-bond donors (Lipinski definition) is 1. The number of carbonyl (C=O) groups excluding carboxylic acids is 1. The predicted octanol–water partition coefficient (Wildman–Crippen LogP) is 5.84. The molecule has 0 aliphatic heterocycles. The van der Waals surface area contributed by atoms with Crippen molar-refractivity contribution in [2.45, 2.75) is 19.9 Å². The number of anilines is 1. The smallest absolute Gasteiger partial charge is 0.272 e. The van der Waals surface area contributed by atoms with Crippen molar-refractivity contribution in [3.63, 3.8) is 0 Å². The van der Waals surface area contributed by atoms with Crippen LogP contribution in [0.2, 0.25) is 10.0 Å². The summed E-state index contributed by atoms with van der Waals surface area (Å²) in [7, 11) is 0. The highest BCUT2D eigenvalue weighted by molar-refractivity contribution is 7.17. The molecule has 3 nitrogen and oxygen atoms in total. The molecule has 0 fully saturated rings. The summed E-state index contributed by atoms with van der Waals surface area (Å²) in [5.41, 5.74) is 2.20. The molecule has 114 valence electrons. The minimum Gasteiger partial charge on any atom is -0.333 e. The first-order valence-corrected chi connectivity index (χ1v) is 8.46. The fourth-order valence-corrected chi connectivity index (χ4v) is 3.62. The van der Waals surface area contributed by atoms with Gasteiger partial charge in [0.15, 0.2) is 0 Å². The Morgan fingerprint density at radius 3 is 2.77 bits per heavy atom. The summed E-state index contributed by atoms with van der Waals surface area (Å²) in [6, 6.07) is 9.30. The second kappa shape index (κ2) is 5.95. The van der Waals surface area contributed by atoms with Crippen LogP contribution in [-0.2, 0) is 0 Å². The number of nitrogens with zero attached hydrogens (tertiary/aromatic N) is 1. The van der Waals surface area contributed by atoms with Crippen LogP contribution in [0.1, 0.15) is 30.4 Å². The molecule has 6 heteroatoms. The quantitative estimate of drug-likeness (QED) is 0.630. The van der Waals surface area contributed by atoms with Gasteiger partial charge in [-0.2, -0.15) is 0 Å². The number of amides is 1. The van der Waals surface area contributed by atoms with Gasteiger partial charge in [0, 0.05) is 6.04 Å². The monoisotopic (exact) mass is 352 g/mol. The largest absolute Gasteiger partial charge is 0.333 e. The average Bonchev–Trinajstić information content (AvgIpc) is 3.03. The summed E-state index contributed by atoms with van der Waals surface area (Å²) >= 11 is 13.7. The highest BCUT2D eigenvalue weighted by atomic mass is 35.5. The topological polar surface area (TPSA) is 34.0 Å². The molecule has 0 aliphatic carbocycles. The zero-order valence-electron chi connectivity index (χ0n) is 12.1. The lowest BCUT2D eigenvalue weighted by molar-refractivity contribution is 0.101. The molecule has 0 spiro atoms. The van der Waals surface area contributed by atoms with Crippen LogP contribution in [0.15, 0.2) is 35.7 Å². The van der Waals surface area contributed by atoms with Crippen molar-refractivity contribution >= 4 is 56.3 Å². The zero-order chi connectivity index (χ0) is 15.9. The molecule has 0 aliphatic rings. The van der Waals surface area contributed by atoms with E-state index in [-0.39, 0.29) is 11.9 Å². The van der Waals surface area contributed by atoms with E-state index in [9.17, 15) is 4.79 Å². The van der Waals surface area contributed by atoms with Crippen molar-refractivity contribution < 1.29 is 4.79 Å². The van der Waals surface area contributed by atoms with Crippen LogP contribution < -0.4 is 5.32 Å². The van der Waals surface area contributed by atoms with E-state index in [0.29, 0.717) is 21.4 Å².